The van der Waals surface area contributed by atoms with Gasteiger partial charge in [-0.3, -0.25) is 4.79 Å². The van der Waals surface area contributed by atoms with Crippen molar-refractivity contribution in [2.75, 3.05) is 20.1 Å². The Bertz CT molecular complexity index is 651. The van der Waals surface area contributed by atoms with Crippen molar-refractivity contribution in [3.8, 4) is 5.69 Å². The molecule has 8 heteroatoms. The van der Waals surface area contributed by atoms with Gasteiger partial charge in [0, 0.05) is 24.2 Å². The van der Waals surface area contributed by atoms with Gasteiger partial charge in [0.05, 0.1) is 11.3 Å². The molecule has 2 heterocycles. The van der Waals surface area contributed by atoms with Gasteiger partial charge in [0.1, 0.15) is 6.33 Å². The Hall–Kier alpha value is -1.99. The van der Waals surface area contributed by atoms with Crippen molar-refractivity contribution in [2.24, 2.45) is 0 Å². The van der Waals surface area contributed by atoms with E-state index < -0.39 is 0 Å². The van der Waals surface area contributed by atoms with Gasteiger partial charge < -0.3 is 10.2 Å². The first-order valence-corrected chi connectivity index (χ1v) is 7.56. The van der Waals surface area contributed by atoms with E-state index >= 15 is 0 Å². The standard InChI is InChI=1S/C14H17ClN6O/c1-16-11-4-6-20(7-5-11)14(22)12-8-10(15)2-3-13(12)21-9-17-18-19-21/h2-3,8-9,11,16H,4-7H2,1H3. The third-order valence-corrected chi connectivity index (χ3v) is 4.21. The van der Waals surface area contributed by atoms with Crippen LogP contribution < -0.4 is 5.32 Å². The molecule has 0 bridgehead atoms. The zero-order valence-electron chi connectivity index (χ0n) is 12.2. The smallest absolute Gasteiger partial charge is 0.256 e. The van der Waals surface area contributed by atoms with Crippen LogP contribution in [0.2, 0.25) is 5.02 Å². The van der Waals surface area contributed by atoms with E-state index in [2.05, 4.69) is 20.8 Å². The first-order chi connectivity index (χ1) is 10.7. The molecule has 7 nitrogen and oxygen atoms in total. The molecule has 1 fully saturated rings. The molecule has 116 valence electrons. The molecule has 0 unspecified atom stereocenters. The Balaban J connectivity index is 1.88. The number of benzene rings is 1. The second-order valence-electron chi connectivity index (χ2n) is 5.27. The highest BCUT2D eigenvalue weighted by molar-refractivity contribution is 6.31. The number of likely N-dealkylation sites (tertiary alicyclic amines) is 1. The van der Waals surface area contributed by atoms with Crippen molar-refractivity contribution in [3.05, 3.63) is 35.1 Å². The molecule has 0 saturated carbocycles. The normalized spacial score (nSPS) is 16.0. The predicted octanol–water partition coefficient (Wildman–Crippen LogP) is 1.14. The van der Waals surface area contributed by atoms with E-state index in [9.17, 15) is 4.79 Å². The lowest BCUT2D eigenvalue weighted by atomic mass is 10.0. The molecule has 0 radical (unpaired) electrons. The molecule has 1 aromatic heterocycles. The van der Waals surface area contributed by atoms with Crippen molar-refractivity contribution in [3.63, 3.8) is 0 Å². The minimum absolute atomic E-state index is 0.0393. The number of nitrogens with zero attached hydrogens (tertiary/aromatic N) is 5. The quantitative estimate of drug-likeness (QED) is 0.918. The summed E-state index contributed by atoms with van der Waals surface area (Å²) in [5.74, 6) is -0.0393. The van der Waals surface area contributed by atoms with Crippen LogP contribution in [-0.4, -0.2) is 57.2 Å². The van der Waals surface area contributed by atoms with Crippen LogP contribution in [0.5, 0.6) is 0 Å². The Labute approximate surface area is 133 Å². The molecule has 1 saturated heterocycles. The molecule has 1 amide bonds. The summed E-state index contributed by atoms with van der Waals surface area (Å²) < 4.78 is 1.48. The van der Waals surface area contributed by atoms with Crippen LogP contribution in [0.4, 0.5) is 0 Å². The van der Waals surface area contributed by atoms with Gasteiger partial charge in [0.2, 0.25) is 0 Å². The molecule has 0 atom stereocenters. The summed E-state index contributed by atoms with van der Waals surface area (Å²) in [4.78, 5) is 14.7. The van der Waals surface area contributed by atoms with Crippen LogP contribution in [0.25, 0.3) is 5.69 Å². The number of piperidine rings is 1. The fourth-order valence-electron chi connectivity index (χ4n) is 2.69. The first kappa shape index (κ1) is 14.9. The van der Waals surface area contributed by atoms with Crippen LogP contribution in [0, 0.1) is 0 Å². The van der Waals surface area contributed by atoms with E-state index in [1.54, 1.807) is 18.2 Å². The van der Waals surface area contributed by atoms with Crippen molar-refractivity contribution >= 4 is 17.5 Å². The van der Waals surface area contributed by atoms with E-state index in [4.69, 9.17) is 11.6 Å². The highest BCUT2D eigenvalue weighted by Crippen LogP contribution is 2.22. The third kappa shape index (κ3) is 2.95. The average Bonchev–Trinajstić information content (AvgIpc) is 3.08. The lowest BCUT2D eigenvalue weighted by Crippen LogP contribution is -2.44. The summed E-state index contributed by atoms with van der Waals surface area (Å²) in [5, 5.41) is 14.9. The van der Waals surface area contributed by atoms with E-state index in [-0.39, 0.29) is 5.91 Å². The van der Waals surface area contributed by atoms with Crippen molar-refractivity contribution in [1.29, 1.82) is 0 Å². The topological polar surface area (TPSA) is 75.9 Å². The molecule has 1 N–H and O–H groups in total. The Kier molecular flexibility index (Phi) is 4.35. The fraction of sp³-hybridized carbons (Fsp3) is 0.429. The van der Waals surface area contributed by atoms with Gasteiger partial charge in [-0.2, -0.15) is 4.68 Å². The van der Waals surface area contributed by atoms with Crippen LogP contribution in [0.15, 0.2) is 24.5 Å². The number of carbonyl (C=O) groups excluding carboxylic acids is 1. The molecule has 3 rings (SSSR count). The Morgan fingerprint density at radius 2 is 2.14 bits per heavy atom. The molecule has 2 aromatic rings. The third-order valence-electron chi connectivity index (χ3n) is 3.98. The van der Waals surface area contributed by atoms with Crippen LogP contribution >= 0.6 is 11.6 Å². The second kappa shape index (κ2) is 6.41. The maximum atomic E-state index is 12.8. The number of aromatic nitrogens is 4. The summed E-state index contributed by atoms with van der Waals surface area (Å²) in [7, 11) is 1.95. The highest BCUT2D eigenvalue weighted by Gasteiger charge is 2.25. The number of nitrogens with one attached hydrogen (secondary N) is 1. The van der Waals surface area contributed by atoms with E-state index in [1.165, 1.54) is 11.0 Å². The first-order valence-electron chi connectivity index (χ1n) is 7.18. The summed E-state index contributed by atoms with van der Waals surface area (Å²) >= 11 is 6.07. The molecule has 22 heavy (non-hydrogen) atoms. The van der Waals surface area contributed by atoms with E-state index in [1.807, 2.05) is 11.9 Å². The summed E-state index contributed by atoms with van der Waals surface area (Å²) in [5.41, 5.74) is 1.15. The number of tetrazole rings is 1. The molecule has 0 aliphatic carbocycles. The second-order valence-corrected chi connectivity index (χ2v) is 5.71. The lowest BCUT2D eigenvalue weighted by Gasteiger charge is -2.32. The highest BCUT2D eigenvalue weighted by atomic mass is 35.5. The summed E-state index contributed by atoms with van der Waals surface area (Å²) in [6.07, 6.45) is 3.36. The van der Waals surface area contributed by atoms with Crippen LogP contribution in [0.1, 0.15) is 23.2 Å². The van der Waals surface area contributed by atoms with Gasteiger partial charge in [0.25, 0.3) is 5.91 Å². The predicted molar refractivity (Wildman–Crippen MR) is 82.1 cm³/mol. The zero-order chi connectivity index (χ0) is 15.5. The molecule has 0 spiro atoms. The van der Waals surface area contributed by atoms with Crippen LogP contribution in [-0.2, 0) is 0 Å². The zero-order valence-corrected chi connectivity index (χ0v) is 13.0. The number of halogens is 1. The molecular weight excluding hydrogens is 304 g/mol. The maximum Gasteiger partial charge on any atom is 0.256 e. The number of amides is 1. The van der Waals surface area contributed by atoms with Gasteiger partial charge >= 0.3 is 0 Å². The minimum atomic E-state index is -0.0393. The van der Waals surface area contributed by atoms with Crippen LogP contribution in [0.3, 0.4) is 0 Å². The molecule has 1 aliphatic heterocycles. The van der Waals surface area contributed by atoms with E-state index in [0.717, 1.165) is 25.9 Å². The number of rotatable bonds is 3. The lowest BCUT2D eigenvalue weighted by molar-refractivity contribution is 0.0707. The monoisotopic (exact) mass is 320 g/mol. The number of hydrogen-bond acceptors (Lipinski definition) is 5. The van der Waals surface area contributed by atoms with E-state index in [0.29, 0.717) is 22.3 Å². The van der Waals surface area contributed by atoms with Gasteiger partial charge in [-0.25, -0.2) is 0 Å². The largest absolute Gasteiger partial charge is 0.338 e. The Morgan fingerprint density at radius 3 is 2.77 bits per heavy atom. The van der Waals surface area contributed by atoms with Gasteiger partial charge in [-0.15, -0.1) is 5.10 Å². The molecular formula is C14H17ClN6O. The number of hydrogen-bond donors (Lipinski definition) is 1. The van der Waals surface area contributed by atoms with Gasteiger partial charge in [0.15, 0.2) is 0 Å². The van der Waals surface area contributed by atoms with Gasteiger partial charge in [-0.1, -0.05) is 11.6 Å². The summed E-state index contributed by atoms with van der Waals surface area (Å²) in [6, 6.07) is 5.63. The average molecular weight is 321 g/mol. The minimum Gasteiger partial charge on any atom is -0.338 e. The maximum absolute atomic E-state index is 12.8. The van der Waals surface area contributed by atoms with Crippen molar-refractivity contribution in [1.82, 2.24) is 30.4 Å². The Morgan fingerprint density at radius 1 is 1.36 bits per heavy atom. The SMILES string of the molecule is CNC1CCN(C(=O)c2cc(Cl)ccc2-n2cnnn2)CC1. The van der Waals surface area contributed by atoms with Crippen molar-refractivity contribution in [2.45, 2.75) is 18.9 Å². The fourth-order valence-corrected chi connectivity index (χ4v) is 2.86. The number of carbonyl (C=O) groups is 1. The van der Waals surface area contributed by atoms with Crippen molar-refractivity contribution < 1.29 is 4.79 Å². The van der Waals surface area contributed by atoms with Gasteiger partial charge in [-0.05, 0) is 48.5 Å². The summed E-state index contributed by atoms with van der Waals surface area (Å²) in [6.45, 7) is 1.46. The molecule has 1 aromatic carbocycles. The molecule has 1 aliphatic rings.